The molecule has 0 amide bonds. The molecule has 4 aromatic rings. The van der Waals surface area contributed by atoms with Gasteiger partial charge in [-0.05, 0) is 43.7 Å². The van der Waals surface area contributed by atoms with Gasteiger partial charge in [0.15, 0.2) is 17.2 Å². The highest BCUT2D eigenvalue weighted by Gasteiger charge is 2.33. The van der Waals surface area contributed by atoms with Gasteiger partial charge >= 0.3 is 6.18 Å². The number of imidazole rings is 1. The van der Waals surface area contributed by atoms with Gasteiger partial charge in [-0.1, -0.05) is 0 Å². The molecule has 1 aliphatic heterocycles. The summed E-state index contributed by atoms with van der Waals surface area (Å²) in [7, 11) is 1.61. The number of furan rings is 1. The van der Waals surface area contributed by atoms with Crippen molar-refractivity contribution in [1.29, 1.82) is 0 Å². The Kier molecular flexibility index (Phi) is 4.89. The second-order valence-electron chi connectivity index (χ2n) is 7.77. The van der Waals surface area contributed by atoms with Crippen molar-refractivity contribution in [3.05, 3.63) is 48.0 Å². The summed E-state index contributed by atoms with van der Waals surface area (Å²) in [5.41, 5.74) is 1.17. The highest BCUT2D eigenvalue weighted by Crippen LogP contribution is 2.38. The molecule has 0 bridgehead atoms. The molecular weight excluding hydrogens is 423 g/mol. The van der Waals surface area contributed by atoms with Gasteiger partial charge in [-0.15, -0.1) is 0 Å². The van der Waals surface area contributed by atoms with Gasteiger partial charge < -0.3 is 19.0 Å². The number of benzene rings is 1. The maximum atomic E-state index is 13.8. The minimum atomic E-state index is -4.51. The van der Waals surface area contributed by atoms with Gasteiger partial charge in [-0.25, -0.2) is 15.0 Å². The number of rotatable bonds is 4. The topological polar surface area (TPSA) is 80.1 Å². The first-order valence-electron chi connectivity index (χ1n) is 10.1. The molecule has 1 aromatic carbocycles. The van der Waals surface area contributed by atoms with E-state index in [2.05, 4.69) is 19.9 Å². The van der Waals surface area contributed by atoms with Crippen molar-refractivity contribution < 1.29 is 22.3 Å². The number of aromatic nitrogens is 4. The predicted octanol–water partition coefficient (Wildman–Crippen LogP) is 4.83. The number of nitrogens with zero attached hydrogens (tertiary/aromatic N) is 4. The molecule has 3 aromatic heterocycles. The summed E-state index contributed by atoms with van der Waals surface area (Å²) < 4.78 is 52.4. The van der Waals surface area contributed by atoms with Crippen LogP contribution in [0.1, 0.15) is 17.7 Å². The Balaban J connectivity index is 1.68. The van der Waals surface area contributed by atoms with Crippen LogP contribution in [0.2, 0.25) is 0 Å². The number of hydrogen-bond donors (Lipinski definition) is 1. The summed E-state index contributed by atoms with van der Waals surface area (Å²) in [6, 6.07) is 7.48. The minimum absolute atomic E-state index is 0.0137. The Morgan fingerprint density at radius 1 is 1.19 bits per heavy atom. The Morgan fingerprint density at radius 3 is 2.72 bits per heavy atom. The average Bonchev–Trinajstić information content (AvgIpc) is 3.52. The minimum Gasteiger partial charge on any atom is -0.458 e. The highest BCUT2D eigenvalue weighted by molar-refractivity contribution is 5.89. The summed E-state index contributed by atoms with van der Waals surface area (Å²) in [5, 5.41) is 0. The zero-order valence-electron chi connectivity index (χ0n) is 17.4. The van der Waals surface area contributed by atoms with Gasteiger partial charge in [0.2, 0.25) is 0 Å². The summed E-state index contributed by atoms with van der Waals surface area (Å²) in [6.07, 6.45) is -2.33. The fourth-order valence-corrected chi connectivity index (χ4v) is 3.96. The summed E-state index contributed by atoms with van der Waals surface area (Å²) in [5.74, 6) is 1.35. The lowest BCUT2D eigenvalue weighted by atomic mass is 10.0. The van der Waals surface area contributed by atoms with E-state index >= 15 is 0 Å². The zero-order chi connectivity index (χ0) is 22.5. The number of halogens is 3. The summed E-state index contributed by atoms with van der Waals surface area (Å²) in [6.45, 7) is 2.93. The van der Waals surface area contributed by atoms with Crippen LogP contribution >= 0.6 is 0 Å². The van der Waals surface area contributed by atoms with E-state index in [-0.39, 0.29) is 11.9 Å². The zero-order valence-corrected chi connectivity index (χ0v) is 17.4. The molecular formula is C22H20F3N5O2. The van der Waals surface area contributed by atoms with E-state index in [1.807, 2.05) is 4.90 Å². The van der Waals surface area contributed by atoms with Gasteiger partial charge in [0, 0.05) is 31.5 Å². The Hall–Kier alpha value is -3.40. The maximum absolute atomic E-state index is 13.8. The lowest BCUT2D eigenvalue weighted by Gasteiger charge is -2.21. The number of hydrogen-bond acceptors (Lipinski definition) is 6. The van der Waals surface area contributed by atoms with Gasteiger partial charge in [0.1, 0.15) is 17.0 Å². The molecule has 5 rings (SSSR count). The van der Waals surface area contributed by atoms with Crippen molar-refractivity contribution in [3.8, 4) is 22.8 Å². The van der Waals surface area contributed by atoms with Crippen LogP contribution in [-0.2, 0) is 10.9 Å². The largest absolute Gasteiger partial charge is 0.458 e. The smallest absolute Gasteiger partial charge is 0.416 e. The third-order valence-electron chi connectivity index (χ3n) is 5.61. The highest BCUT2D eigenvalue weighted by atomic mass is 19.4. The second kappa shape index (κ2) is 7.63. The number of aryl methyl sites for hydroxylation is 1. The van der Waals surface area contributed by atoms with Crippen molar-refractivity contribution >= 4 is 16.9 Å². The molecule has 0 aliphatic carbocycles. The first-order chi connectivity index (χ1) is 15.3. The van der Waals surface area contributed by atoms with E-state index in [1.54, 1.807) is 32.2 Å². The van der Waals surface area contributed by atoms with Gasteiger partial charge in [-0.3, -0.25) is 0 Å². The fraction of sp³-hybridized carbons (Fsp3) is 0.318. The van der Waals surface area contributed by atoms with Crippen LogP contribution in [0.5, 0.6) is 0 Å². The predicted molar refractivity (Wildman–Crippen MR) is 112 cm³/mol. The van der Waals surface area contributed by atoms with Crippen LogP contribution in [0.15, 0.2) is 41.1 Å². The van der Waals surface area contributed by atoms with Crippen LogP contribution in [0.4, 0.5) is 18.9 Å². The molecule has 32 heavy (non-hydrogen) atoms. The van der Waals surface area contributed by atoms with Gasteiger partial charge in [-0.2, -0.15) is 13.2 Å². The van der Waals surface area contributed by atoms with E-state index in [4.69, 9.17) is 9.15 Å². The van der Waals surface area contributed by atoms with Gasteiger partial charge in [0.25, 0.3) is 0 Å². The number of aromatic amines is 1. The fourth-order valence-electron chi connectivity index (χ4n) is 3.96. The van der Waals surface area contributed by atoms with Crippen LogP contribution in [-0.4, -0.2) is 46.2 Å². The number of fused-ring (bicyclic) bond motifs is 1. The van der Waals surface area contributed by atoms with Crippen molar-refractivity contribution in [3.63, 3.8) is 0 Å². The molecule has 166 valence electrons. The number of methoxy groups -OCH3 is 1. The summed E-state index contributed by atoms with van der Waals surface area (Å²) >= 11 is 0. The Bertz CT molecular complexity index is 1280. The molecule has 1 fully saturated rings. The molecule has 1 unspecified atom stereocenters. The second-order valence-corrected chi connectivity index (χ2v) is 7.77. The van der Waals surface area contributed by atoms with Crippen LogP contribution < -0.4 is 4.90 Å². The SMILES string of the molecule is COC1CCN(c2cc(-c3nc(-c4ccc(C)o4)nc4nc[nH]c34)cc(C(F)(F)F)c2)C1. The number of alkyl halides is 3. The van der Waals surface area contributed by atoms with Crippen LogP contribution in [0, 0.1) is 6.92 Å². The molecule has 1 aliphatic rings. The van der Waals surface area contributed by atoms with Crippen molar-refractivity contribution in [1.82, 2.24) is 19.9 Å². The van der Waals surface area contributed by atoms with Crippen molar-refractivity contribution in [2.75, 3.05) is 25.1 Å². The summed E-state index contributed by atoms with van der Waals surface area (Å²) in [4.78, 5) is 18.0. The molecule has 4 heterocycles. The van der Waals surface area contributed by atoms with E-state index in [0.29, 0.717) is 52.7 Å². The third kappa shape index (κ3) is 3.70. The maximum Gasteiger partial charge on any atom is 0.416 e. The number of anilines is 1. The quantitative estimate of drug-likeness (QED) is 0.487. The third-order valence-corrected chi connectivity index (χ3v) is 5.61. The standard InChI is InChI=1S/C22H20F3N5O2/c1-12-3-4-17(32-12)20-28-18(19-21(29-20)27-11-26-19)13-7-14(22(23,24)25)9-15(8-13)30-6-5-16(10-30)31-2/h3-4,7-9,11,16H,5-6,10H2,1-2H3,(H,26,27,28,29). The Morgan fingerprint density at radius 2 is 2.03 bits per heavy atom. The van der Waals surface area contributed by atoms with E-state index in [0.717, 1.165) is 12.5 Å². The molecule has 0 spiro atoms. The lowest BCUT2D eigenvalue weighted by Crippen LogP contribution is -2.22. The number of nitrogens with one attached hydrogen (secondary N) is 1. The average molecular weight is 443 g/mol. The lowest BCUT2D eigenvalue weighted by molar-refractivity contribution is -0.137. The molecule has 1 atom stereocenters. The molecule has 10 heteroatoms. The number of ether oxygens (including phenoxy) is 1. The first kappa shape index (κ1) is 20.5. The Labute approximate surface area is 181 Å². The molecule has 7 nitrogen and oxygen atoms in total. The molecule has 0 radical (unpaired) electrons. The first-order valence-corrected chi connectivity index (χ1v) is 10.1. The van der Waals surface area contributed by atoms with E-state index in [9.17, 15) is 13.2 Å². The molecule has 0 saturated carbocycles. The van der Waals surface area contributed by atoms with E-state index in [1.165, 1.54) is 12.4 Å². The molecule has 1 saturated heterocycles. The van der Waals surface area contributed by atoms with Gasteiger partial charge in [0.05, 0.1) is 18.0 Å². The van der Waals surface area contributed by atoms with Crippen molar-refractivity contribution in [2.45, 2.75) is 25.6 Å². The molecule has 1 N–H and O–H groups in total. The monoisotopic (exact) mass is 443 g/mol. The van der Waals surface area contributed by atoms with Crippen LogP contribution in [0.25, 0.3) is 34.0 Å². The van der Waals surface area contributed by atoms with E-state index < -0.39 is 11.7 Å². The number of H-pyrrole nitrogens is 1. The normalized spacial score (nSPS) is 16.9. The van der Waals surface area contributed by atoms with Crippen LogP contribution in [0.3, 0.4) is 0 Å². The van der Waals surface area contributed by atoms with Crippen molar-refractivity contribution in [2.24, 2.45) is 0 Å².